The molecule has 24 heavy (non-hydrogen) atoms. The number of aryl methyl sites for hydroxylation is 2. The van der Waals surface area contributed by atoms with Crippen molar-refractivity contribution in [2.45, 2.75) is 59.4 Å². The van der Waals surface area contributed by atoms with E-state index in [9.17, 15) is 4.79 Å². The molecule has 3 nitrogen and oxygen atoms in total. The minimum atomic E-state index is -0.0208. The van der Waals surface area contributed by atoms with Crippen LogP contribution in [-0.4, -0.2) is 36.1 Å². The maximum Gasteiger partial charge on any atom is 0.282 e. The van der Waals surface area contributed by atoms with Gasteiger partial charge in [-0.05, 0) is 76.6 Å². The van der Waals surface area contributed by atoms with Gasteiger partial charge in [0.05, 0.1) is 19.6 Å². The van der Waals surface area contributed by atoms with E-state index >= 15 is 0 Å². The molecule has 1 saturated heterocycles. The van der Waals surface area contributed by atoms with Crippen LogP contribution < -0.4 is 5.32 Å². The van der Waals surface area contributed by atoms with E-state index in [0.29, 0.717) is 0 Å². The van der Waals surface area contributed by atoms with E-state index < -0.39 is 0 Å². The van der Waals surface area contributed by atoms with Crippen molar-refractivity contribution in [3.05, 3.63) is 28.3 Å². The third kappa shape index (κ3) is 5.03. The fourth-order valence-electron chi connectivity index (χ4n) is 3.88. The van der Waals surface area contributed by atoms with Gasteiger partial charge in [-0.1, -0.05) is 11.6 Å². The van der Waals surface area contributed by atoms with Crippen LogP contribution in [0.25, 0.3) is 0 Å². The molecule has 5 heteroatoms. The first-order valence-electron chi connectivity index (χ1n) is 8.83. The number of nitrogens with one attached hydrogen (secondary N) is 1. The first-order chi connectivity index (χ1) is 10.9. The molecule has 1 amide bonds. The molecule has 1 unspecified atom stereocenters. The molecule has 1 N–H and O–H groups in total. The fraction of sp³-hybridized carbons (Fsp3) is 0.632. The van der Waals surface area contributed by atoms with E-state index in [2.05, 4.69) is 19.2 Å². The maximum atomic E-state index is 12.9. The topological polar surface area (TPSA) is 29.1 Å². The minimum absolute atomic E-state index is 0. The molecule has 1 heterocycles. The number of nitrogens with zero attached hydrogens (tertiary/aromatic N) is 1. The zero-order chi connectivity index (χ0) is 17.0. The number of likely N-dealkylation sites (tertiary alicyclic amines) is 1. The molecular weight excluding hydrogens is 397 g/mol. The smallest absolute Gasteiger partial charge is 0.282 e. The van der Waals surface area contributed by atoms with Crippen LogP contribution in [0.5, 0.6) is 0 Å². The summed E-state index contributed by atoms with van der Waals surface area (Å²) in [5, 5.41) is 3.89. The van der Waals surface area contributed by atoms with Crippen molar-refractivity contribution < 1.29 is 42.0 Å². The van der Waals surface area contributed by atoms with Gasteiger partial charge < -0.3 is 9.80 Å². The molecule has 0 bridgehead atoms. The van der Waals surface area contributed by atoms with Gasteiger partial charge in [-0.25, -0.2) is 0 Å². The predicted octanol–water partition coefficient (Wildman–Crippen LogP) is 4.69. The van der Waals surface area contributed by atoms with Crippen LogP contribution in [0.4, 0.5) is 5.69 Å². The van der Waals surface area contributed by atoms with Crippen LogP contribution in [0.3, 0.4) is 0 Å². The standard InChI is InChI=1S/C19H29ClN2O.Y/c1-5-22(10-8-6-7-9-11-22)16(4)19(23)21-18-14(2)12-17(20)13-15(18)3;/h12-13,16H,5-11H2,1-4H3;/p+1. The Bertz CT molecular complexity index is 545. The van der Waals surface area contributed by atoms with Gasteiger partial charge in [0, 0.05) is 43.4 Å². The number of halogens is 1. The molecule has 1 aromatic rings. The number of carbonyl (C=O) groups is 1. The molecule has 131 valence electrons. The minimum Gasteiger partial charge on any atom is -0.320 e. The largest absolute Gasteiger partial charge is 0.320 e. The first kappa shape index (κ1) is 22.1. The number of carbonyl (C=O) groups excluding carboxylic acids is 1. The van der Waals surface area contributed by atoms with Gasteiger partial charge in [-0.2, -0.15) is 0 Å². The van der Waals surface area contributed by atoms with Gasteiger partial charge in [0.1, 0.15) is 0 Å². The van der Waals surface area contributed by atoms with Gasteiger partial charge in [-0.3, -0.25) is 4.79 Å². The molecule has 1 fully saturated rings. The van der Waals surface area contributed by atoms with Crippen LogP contribution in [0, 0.1) is 13.8 Å². The van der Waals surface area contributed by atoms with Crippen molar-refractivity contribution in [1.82, 2.24) is 0 Å². The molecule has 2 rings (SSSR count). The van der Waals surface area contributed by atoms with E-state index in [1.807, 2.05) is 26.0 Å². The number of quaternary nitrogens is 1. The van der Waals surface area contributed by atoms with Crippen LogP contribution in [-0.2, 0) is 37.5 Å². The number of likely N-dealkylation sites (N-methyl/N-ethyl adjacent to an activating group) is 1. The summed E-state index contributed by atoms with van der Waals surface area (Å²) in [6, 6.07) is 3.79. The molecule has 0 aliphatic carbocycles. The van der Waals surface area contributed by atoms with Crippen LogP contribution in [0.1, 0.15) is 50.7 Å². The van der Waals surface area contributed by atoms with Crippen molar-refractivity contribution in [3.63, 3.8) is 0 Å². The van der Waals surface area contributed by atoms with E-state index in [1.54, 1.807) is 0 Å². The van der Waals surface area contributed by atoms with E-state index in [-0.39, 0.29) is 44.7 Å². The molecular formula is C19H30ClN2OY+. The molecule has 1 radical (unpaired) electrons. The average Bonchev–Trinajstić information content (AvgIpc) is 2.76. The van der Waals surface area contributed by atoms with Crippen LogP contribution in [0.15, 0.2) is 12.1 Å². The fourth-order valence-corrected chi connectivity index (χ4v) is 4.21. The Morgan fingerprint density at radius 3 is 2.12 bits per heavy atom. The monoisotopic (exact) mass is 426 g/mol. The van der Waals surface area contributed by atoms with Crippen molar-refractivity contribution in [2.75, 3.05) is 25.0 Å². The first-order valence-corrected chi connectivity index (χ1v) is 9.21. The molecule has 1 atom stereocenters. The SMILES string of the molecule is CC[N+]1(C(C)C(=O)Nc2c(C)cc(Cl)cc2C)CCCCCC1.[Y]. The third-order valence-corrected chi connectivity index (χ3v) is 5.75. The van der Waals surface area contributed by atoms with Crippen molar-refractivity contribution in [1.29, 1.82) is 0 Å². The normalized spacial score (nSPS) is 18.2. The van der Waals surface area contributed by atoms with Crippen molar-refractivity contribution in [3.8, 4) is 0 Å². The number of hydrogen-bond acceptors (Lipinski definition) is 1. The molecule has 1 aliphatic heterocycles. The summed E-state index contributed by atoms with van der Waals surface area (Å²) in [6.45, 7) is 11.5. The molecule has 0 saturated carbocycles. The quantitative estimate of drug-likeness (QED) is 0.695. The van der Waals surface area contributed by atoms with Gasteiger partial charge in [0.25, 0.3) is 5.91 Å². The summed E-state index contributed by atoms with van der Waals surface area (Å²) < 4.78 is 0.914. The molecule has 1 aliphatic rings. The summed E-state index contributed by atoms with van der Waals surface area (Å²) >= 11 is 6.09. The zero-order valence-electron chi connectivity index (χ0n) is 15.5. The van der Waals surface area contributed by atoms with Gasteiger partial charge in [-0.15, -0.1) is 0 Å². The van der Waals surface area contributed by atoms with Gasteiger partial charge in [0.2, 0.25) is 0 Å². The summed E-state index contributed by atoms with van der Waals surface area (Å²) in [7, 11) is 0. The summed E-state index contributed by atoms with van der Waals surface area (Å²) in [6.07, 6.45) is 5.04. The Morgan fingerprint density at radius 2 is 1.67 bits per heavy atom. The predicted molar refractivity (Wildman–Crippen MR) is 98.0 cm³/mol. The average molecular weight is 427 g/mol. The second kappa shape index (κ2) is 9.66. The van der Waals surface area contributed by atoms with Crippen LogP contribution in [0.2, 0.25) is 5.02 Å². The Balaban J connectivity index is 0.00000288. The number of hydrogen-bond donors (Lipinski definition) is 1. The Hall–Kier alpha value is 0.0439. The summed E-state index contributed by atoms with van der Waals surface area (Å²) in [5.41, 5.74) is 2.96. The zero-order valence-corrected chi connectivity index (χ0v) is 19.1. The molecule has 0 spiro atoms. The van der Waals surface area contributed by atoms with Gasteiger partial charge >= 0.3 is 0 Å². The number of rotatable bonds is 4. The molecule has 1 aromatic carbocycles. The Kier molecular flexibility index (Phi) is 8.89. The summed E-state index contributed by atoms with van der Waals surface area (Å²) in [4.78, 5) is 12.9. The summed E-state index contributed by atoms with van der Waals surface area (Å²) in [5.74, 6) is 0.127. The second-order valence-electron chi connectivity index (χ2n) is 6.98. The Labute approximate surface area is 177 Å². The number of amides is 1. The number of anilines is 1. The Morgan fingerprint density at radius 1 is 1.17 bits per heavy atom. The number of benzene rings is 1. The van der Waals surface area contributed by atoms with Gasteiger partial charge in [0.15, 0.2) is 6.04 Å². The van der Waals surface area contributed by atoms with E-state index in [1.165, 1.54) is 25.7 Å². The van der Waals surface area contributed by atoms with E-state index in [4.69, 9.17) is 11.6 Å². The maximum absolute atomic E-state index is 12.9. The molecule has 0 aromatic heterocycles. The van der Waals surface area contributed by atoms with Crippen LogP contribution >= 0.6 is 11.6 Å². The van der Waals surface area contributed by atoms with Crippen molar-refractivity contribution in [2.24, 2.45) is 0 Å². The van der Waals surface area contributed by atoms with E-state index in [0.717, 1.165) is 46.0 Å². The second-order valence-corrected chi connectivity index (χ2v) is 7.41. The third-order valence-electron chi connectivity index (χ3n) is 5.53. The van der Waals surface area contributed by atoms with Crippen molar-refractivity contribution >= 4 is 23.2 Å².